The zero-order valence-corrected chi connectivity index (χ0v) is 18.3. The van der Waals surface area contributed by atoms with Crippen molar-refractivity contribution in [2.75, 3.05) is 18.0 Å². The van der Waals surface area contributed by atoms with Crippen LogP contribution >= 0.6 is 0 Å². The topological polar surface area (TPSA) is 75.7 Å². The van der Waals surface area contributed by atoms with E-state index in [2.05, 4.69) is 5.32 Å². The first kappa shape index (κ1) is 20.9. The lowest BCUT2D eigenvalue weighted by Gasteiger charge is -2.20. The van der Waals surface area contributed by atoms with Crippen molar-refractivity contribution in [3.8, 4) is 5.75 Å². The number of methoxy groups -OCH3 is 1. The third kappa shape index (κ3) is 4.14. The second-order valence-electron chi connectivity index (χ2n) is 7.48. The molecule has 4 rings (SSSR count). The van der Waals surface area contributed by atoms with Crippen molar-refractivity contribution < 1.29 is 17.9 Å². The molecule has 1 N–H and O–H groups in total. The summed E-state index contributed by atoms with van der Waals surface area (Å²) >= 11 is 0. The predicted molar refractivity (Wildman–Crippen MR) is 120 cm³/mol. The van der Waals surface area contributed by atoms with Crippen LogP contribution in [-0.2, 0) is 23.0 Å². The fourth-order valence-corrected chi connectivity index (χ4v) is 5.23. The Balaban J connectivity index is 1.52. The molecule has 0 radical (unpaired) electrons. The third-order valence-electron chi connectivity index (χ3n) is 5.44. The number of nitrogens with one attached hydrogen (secondary N) is 1. The molecule has 0 spiro atoms. The van der Waals surface area contributed by atoms with Gasteiger partial charge < -0.3 is 10.1 Å². The molecule has 6 nitrogen and oxygen atoms in total. The van der Waals surface area contributed by atoms with Gasteiger partial charge in [0.15, 0.2) is 0 Å². The summed E-state index contributed by atoms with van der Waals surface area (Å²) < 4.78 is 32.9. The molecule has 1 aliphatic rings. The van der Waals surface area contributed by atoms with Crippen LogP contribution in [0.3, 0.4) is 0 Å². The van der Waals surface area contributed by atoms with Crippen LogP contribution in [0.4, 0.5) is 5.69 Å². The van der Waals surface area contributed by atoms with Gasteiger partial charge in [-0.3, -0.25) is 9.10 Å². The highest BCUT2D eigenvalue weighted by atomic mass is 32.2. The first-order valence-corrected chi connectivity index (χ1v) is 11.5. The average Bonchev–Trinajstić information content (AvgIpc) is 3.22. The average molecular weight is 437 g/mol. The lowest BCUT2D eigenvalue weighted by Crippen LogP contribution is -2.29. The summed E-state index contributed by atoms with van der Waals surface area (Å²) in [6, 6.07) is 19.5. The zero-order valence-electron chi connectivity index (χ0n) is 17.5. The predicted octanol–water partition coefficient (Wildman–Crippen LogP) is 3.69. The molecule has 0 saturated carbocycles. The Labute approximate surface area is 182 Å². The van der Waals surface area contributed by atoms with Gasteiger partial charge in [-0.1, -0.05) is 35.9 Å². The number of amides is 1. The van der Waals surface area contributed by atoms with Gasteiger partial charge in [-0.15, -0.1) is 0 Å². The van der Waals surface area contributed by atoms with E-state index in [1.54, 1.807) is 49.6 Å². The Kier molecular flexibility index (Phi) is 5.69. The van der Waals surface area contributed by atoms with E-state index in [1.807, 2.05) is 31.2 Å². The molecule has 0 atom stereocenters. The van der Waals surface area contributed by atoms with E-state index in [0.29, 0.717) is 36.5 Å². The quantitative estimate of drug-likeness (QED) is 0.640. The van der Waals surface area contributed by atoms with E-state index in [0.717, 1.165) is 16.7 Å². The summed E-state index contributed by atoms with van der Waals surface area (Å²) in [4.78, 5) is 12.9. The van der Waals surface area contributed by atoms with E-state index < -0.39 is 10.0 Å². The van der Waals surface area contributed by atoms with Gasteiger partial charge in [0.1, 0.15) is 5.75 Å². The summed E-state index contributed by atoms with van der Waals surface area (Å²) in [7, 11) is -2.04. The Morgan fingerprint density at radius 3 is 2.55 bits per heavy atom. The van der Waals surface area contributed by atoms with Crippen molar-refractivity contribution in [3.05, 3.63) is 89.0 Å². The van der Waals surface area contributed by atoms with E-state index in [-0.39, 0.29) is 10.8 Å². The third-order valence-corrected chi connectivity index (χ3v) is 7.26. The number of benzene rings is 3. The molecule has 31 heavy (non-hydrogen) atoms. The van der Waals surface area contributed by atoms with Gasteiger partial charge in [0.05, 0.1) is 17.7 Å². The van der Waals surface area contributed by atoms with Crippen molar-refractivity contribution in [2.24, 2.45) is 0 Å². The number of para-hydroxylation sites is 1. The Hall–Kier alpha value is -3.32. The lowest BCUT2D eigenvalue weighted by molar-refractivity contribution is 0.0950. The molecule has 1 heterocycles. The molecule has 0 fully saturated rings. The highest BCUT2D eigenvalue weighted by Crippen LogP contribution is 2.33. The van der Waals surface area contributed by atoms with Crippen LogP contribution in [0.1, 0.15) is 27.0 Å². The Morgan fingerprint density at radius 1 is 1.06 bits per heavy atom. The molecule has 7 heteroatoms. The molecule has 3 aromatic rings. The number of aryl methyl sites for hydroxylation is 1. The lowest BCUT2D eigenvalue weighted by atomic mass is 10.1. The number of fused-ring (bicyclic) bond motifs is 1. The van der Waals surface area contributed by atoms with Crippen molar-refractivity contribution in [1.82, 2.24) is 5.32 Å². The van der Waals surface area contributed by atoms with Crippen LogP contribution in [0.25, 0.3) is 0 Å². The minimum Gasteiger partial charge on any atom is -0.496 e. The Morgan fingerprint density at radius 2 is 1.81 bits per heavy atom. The van der Waals surface area contributed by atoms with Crippen LogP contribution in [0.15, 0.2) is 71.6 Å². The smallest absolute Gasteiger partial charge is 0.264 e. The maximum Gasteiger partial charge on any atom is 0.264 e. The summed E-state index contributed by atoms with van der Waals surface area (Å²) in [6.07, 6.45) is 0.564. The van der Waals surface area contributed by atoms with E-state index in [9.17, 15) is 13.2 Å². The minimum absolute atomic E-state index is 0.214. The molecule has 0 aromatic heterocycles. The Bertz CT molecular complexity index is 1220. The van der Waals surface area contributed by atoms with Gasteiger partial charge in [0.25, 0.3) is 15.9 Å². The number of carbonyl (C=O) groups excluding carboxylic acids is 1. The first-order valence-electron chi connectivity index (χ1n) is 10.0. The van der Waals surface area contributed by atoms with Gasteiger partial charge in [0, 0.05) is 24.2 Å². The van der Waals surface area contributed by atoms with Crippen LogP contribution < -0.4 is 14.4 Å². The molecule has 1 amide bonds. The summed E-state index contributed by atoms with van der Waals surface area (Å²) in [5, 5.41) is 2.90. The minimum atomic E-state index is -3.64. The number of anilines is 1. The summed E-state index contributed by atoms with van der Waals surface area (Å²) in [6.45, 7) is 2.62. The highest BCUT2D eigenvalue weighted by molar-refractivity contribution is 7.92. The van der Waals surface area contributed by atoms with Gasteiger partial charge in [-0.05, 0) is 55.3 Å². The number of rotatable bonds is 6. The second kappa shape index (κ2) is 8.43. The molecule has 3 aromatic carbocycles. The molecular weight excluding hydrogens is 412 g/mol. The number of sulfonamides is 1. The van der Waals surface area contributed by atoms with E-state index in [4.69, 9.17) is 4.74 Å². The maximum absolute atomic E-state index is 13.1. The molecule has 0 unspecified atom stereocenters. The normalized spacial score (nSPS) is 13.0. The molecule has 0 saturated heterocycles. The van der Waals surface area contributed by atoms with E-state index >= 15 is 0 Å². The van der Waals surface area contributed by atoms with Gasteiger partial charge >= 0.3 is 0 Å². The molecule has 0 bridgehead atoms. The van der Waals surface area contributed by atoms with Crippen LogP contribution in [0.2, 0.25) is 0 Å². The van der Waals surface area contributed by atoms with Crippen LogP contribution in [0.5, 0.6) is 5.75 Å². The van der Waals surface area contributed by atoms with E-state index in [1.165, 1.54) is 4.31 Å². The monoisotopic (exact) mass is 436 g/mol. The molecule has 0 aliphatic carbocycles. The zero-order chi connectivity index (χ0) is 22.0. The number of hydrogen-bond donors (Lipinski definition) is 1. The molecular formula is C24H24N2O4S. The second-order valence-corrected chi connectivity index (χ2v) is 9.34. The van der Waals surface area contributed by atoms with Crippen LogP contribution in [0, 0.1) is 6.92 Å². The van der Waals surface area contributed by atoms with Gasteiger partial charge in [0.2, 0.25) is 0 Å². The van der Waals surface area contributed by atoms with Gasteiger partial charge in [-0.2, -0.15) is 0 Å². The largest absolute Gasteiger partial charge is 0.496 e. The van der Waals surface area contributed by atoms with Crippen molar-refractivity contribution in [3.63, 3.8) is 0 Å². The molecule has 160 valence electrons. The first-order chi connectivity index (χ1) is 14.9. The molecule has 1 aliphatic heterocycles. The fraction of sp³-hybridized carbons (Fsp3) is 0.208. The number of hydrogen-bond acceptors (Lipinski definition) is 4. The highest BCUT2D eigenvalue weighted by Gasteiger charge is 2.31. The SMILES string of the molecule is COc1ccccc1CNC(=O)c1ccc2c(c1)CCN2S(=O)(=O)c1ccc(C)cc1. The van der Waals surface area contributed by atoms with Crippen molar-refractivity contribution >= 4 is 21.6 Å². The summed E-state index contributed by atoms with van der Waals surface area (Å²) in [5.74, 6) is 0.502. The van der Waals surface area contributed by atoms with Crippen molar-refractivity contribution in [1.29, 1.82) is 0 Å². The number of ether oxygens (including phenoxy) is 1. The number of carbonyl (C=O) groups is 1. The maximum atomic E-state index is 13.1. The number of nitrogens with zero attached hydrogens (tertiary/aromatic N) is 1. The summed E-state index contributed by atoms with van der Waals surface area (Å²) in [5.41, 5.74) is 3.87. The van der Waals surface area contributed by atoms with Gasteiger partial charge in [-0.25, -0.2) is 8.42 Å². The fourth-order valence-electron chi connectivity index (χ4n) is 3.73. The van der Waals surface area contributed by atoms with Crippen molar-refractivity contribution in [2.45, 2.75) is 24.8 Å². The standard InChI is InChI=1S/C24H24N2O4S/c1-17-7-10-21(11-8-17)31(28,29)26-14-13-18-15-19(9-12-22(18)26)24(27)25-16-20-5-3-4-6-23(20)30-2/h3-12,15H,13-14,16H2,1-2H3,(H,25,27). The van der Waals surface area contributed by atoms with Crippen LogP contribution in [-0.4, -0.2) is 28.0 Å².